The first-order valence-corrected chi connectivity index (χ1v) is 7.85. The van der Waals surface area contributed by atoms with Crippen LogP contribution in [0.3, 0.4) is 0 Å². The summed E-state index contributed by atoms with van der Waals surface area (Å²) >= 11 is 0. The summed E-state index contributed by atoms with van der Waals surface area (Å²) < 4.78 is 5.31. The van der Waals surface area contributed by atoms with Crippen molar-refractivity contribution in [3.8, 4) is 5.75 Å². The molecule has 0 unspecified atom stereocenters. The van der Waals surface area contributed by atoms with Crippen LogP contribution in [0.1, 0.15) is 28.4 Å². The fraction of sp³-hybridized carbons (Fsp3) is 0.263. The first-order valence-electron chi connectivity index (χ1n) is 7.85. The van der Waals surface area contributed by atoms with Crippen LogP contribution in [0.5, 0.6) is 5.75 Å². The molecule has 0 atom stereocenters. The van der Waals surface area contributed by atoms with Crippen LogP contribution in [0.4, 0.5) is 5.69 Å². The summed E-state index contributed by atoms with van der Waals surface area (Å²) in [4.78, 5) is 24.1. The lowest BCUT2D eigenvalue weighted by molar-refractivity contribution is -0.120. The fourth-order valence-electron chi connectivity index (χ4n) is 2.31. The summed E-state index contributed by atoms with van der Waals surface area (Å²) in [6.45, 7) is 4.45. The van der Waals surface area contributed by atoms with Crippen LogP contribution in [-0.2, 0) is 11.2 Å². The Kier molecular flexibility index (Phi) is 5.95. The van der Waals surface area contributed by atoms with Crippen LogP contribution < -0.4 is 15.4 Å². The summed E-state index contributed by atoms with van der Waals surface area (Å²) in [5.74, 6) is 0.137. The van der Waals surface area contributed by atoms with Gasteiger partial charge < -0.3 is 15.4 Å². The molecule has 24 heavy (non-hydrogen) atoms. The van der Waals surface area contributed by atoms with Crippen LogP contribution in [0.15, 0.2) is 42.5 Å². The number of likely N-dealkylation sites (N-methyl/N-ethyl adjacent to an activating group) is 1. The number of rotatable bonds is 6. The molecule has 2 aromatic carbocycles. The van der Waals surface area contributed by atoms with E-state index in [1.165, 1.54) is 7.11 Å². The number of methoxy groups -OCH3 is 1. The number of benzene rings is 2. The maximum Gasteiger partial charge on any atom is 0.259 e. The van der Waals surface area contributed by atoms with E-state index in [0.29, 0.717) is 17.9 Å². The van der Waals surface area contributed by atoms with Crippen LogP contribution in [0, 0.1) is 6.92 Å². The smallest absolute Gasteiger partial charge is 0.259 e. The van der Waals surface area contributed by atoms with E-state index in [0.717, 1.165) is 16.8 Å². The van der Waals surface area contributed by atoms with Crippen molar-refractivity contribution in [2.45, 2.75) is 20.3 Å². The second-order valence-corrected chi connectivity index (χ2v) is 5.49. The maximum atomic E-state index is 12.4. The lowest BCUT2D eigenvalue weighted by Crippen LogP contribution is -2.24. The molecule has 0 bridgehead atoms. The Bertz CT molecular complexity index is 724. The molecule has 2 rings (SSSR count). The van der Waals surface area contributed by atoms with Crippen molar-refractivity contribution in [2.24, 2.45) is 0 Å². The lowest BCUT2D eigenvalue weighted by atomic mass is 10.1. The molecule has 0 saturated heterocycles. The molecule has 5 nitrogen and oxygen atoms in total. The average Bonchev–Trinajstić information content (AvgIpc) is 2.57. The Morgan fingerprint density at radius 3 is 2.42 bits per heavy atom. The molecular weight excluding hydrogens is 304 g/mol. The van der Waals surface area contributed by atoms with E-state index in [-0.39, 0.29) is 18.2 Å². The second kappa shape index (κ2) is 8.15. The van der Waals surface area contributed by atoms with Gasteiger partial charge in [0.15, 0.2) is 0 Å². The minimum atomic E-state index is -0.250. The molecule has 2 aromatic rings. The Morgan fingerprint density at radius 2 is 1.79 bits per heavy atom. The molecule has 2 amide bonds. The molecule has 0 spiro atoms. The Balaban J connectivity index is 2.15. The van der Waals surface area contributed by atoms with E-state index in [1.807, 2.05) is 38.1 Å². The molecule has 126 valence electrons. The predicted molar refractivity (Wildman–Crippen MR) is 94.5 cm³/mol. The van der Waals surface area contributed by atoms with Gasteiger partial charge in [-0.05, 0) is 43.7 Å². The predicted octanol–water partition coefficient (Wildman–Crippen LogP) is 2.93. The van der Waals surface area contributed by atoms with Gasteiger partial charge in [0.05, 0.1) is 19.1 Å². The number of hydrogen-bond acceptors (Lipinski definition) is 3. The molecule has 0 aliphatic heterocycles. The second-order valence-electron chi connectivity index (χ2n) is 5.49. The third-order valence-electron chi connectivity index (χ3n) is 3.56. The molecule has 0 aliphatic carbocycles. The zero-order valence-corrected chi connectivity index (χ0v) is 14.2. The summed E-state index contributed by atoms with van der Waals surface area (Å²) in [5, 5.41) is 5.59. The van der Waals surface area contributed by atoms with Gasteiger partial charge in [-0.25, -0.2) is 0 Å². The van der Waals surface area contributed by atoms with Gasteiger partial charge in [-0.3, -0.25) is 9.59 Å². The lowest BCUT2D eigenvalue weighted by Gasteiger charge is -2.11. The number of carbonyl (C=O) groups is 2. The average molecular weight is 326 g/mol. The van der Waals surface area contributed by atoms with Gasteiger partial charge in [0.2, 0.25) is 5.91 Å². The highest BCUT2D eigenvalue weighted by molar-refractivity contribution is 6.06. The molecular formula is C19H22N2O3. The Labute approximate surface area is 142 Å². The standard InChI is InChI=1S/C19H22N2O3/c1-4-20-18(22)12-14-7-10-16(17(11-14)24-3)19(23)21-15-8-5-13(2)6-9-15/h5-11H,4,12H2,1-3H3,(H,20,22)(H,21,23). The number of amides is 2. The molecule has 0 heterocycles. The first-order chi connectivity index (χ1) is 11.5. The van der Waals surface area contributed by atoms with Crippen molar-refractivity contribution in [1.29, 1.82) is 0 Å². The quantitative estimate of drug-likeness (QED) is 0.857. The Hall–Kier alpha value is -2.82. The van der Waals surface area contributed by atoms with Crippen molar-refractivity contribution in [2.75, 3.05) is 19.0 Å². The number of nitrogens with one attached hydrogen (secondary N) is 2. The molecule has 0 radical (unpaired) electrons. The fourth-order valence-corrected chi connectivity index (χ4v) is 2.31. The van der Waals surface area contributed by atoms with E-state index >= 15 is 0 Å². The summed E-state index contributed by atoms with van der Waals surface area (Å²) in [7, 11) is 1.51. The Morgan fingerprint density at radius 1 is 1.08 bits per heavy atom. The van der Waals surface area contributed by atoms with Crippen molar-refractivity contribution in [3.05, 3.63) is 59.2 Å². The molecule has 0 saturated carbocycles. The van der Waals surface area contributed by atoms with Gasteiger partial charge in [0, 0.05) is 12.2 Å². The van der Waals surface area contributed by atoms with Gasteiger partial charge in [0.1, 0.15) is 5.75 Å². The van der Waals surface area contributed by atoms with Gasteiger partial charge in [0.25, 0.3) is 5.91 Å². The van der Waals surface area contributed by atoms with E-state index in [1.54, 1.807) is 18.2 Å². The SMILES string of the molecule is CCNC(=O)Cc1ccc(C(=O)Nc2ccc(C)cc2)c(OC)c1. The van der Waals surface area contributed by atoms with E-state index < -0.39 is 0 Å². The summed E-state index contributed by atoms with van der Waals surface area (Å²) in [6.07, 6.45) is 0.254. The van der Waals surface area contributed by atoms with E-state index in [4.69, 9.17) is 4.74 Å². The normalized spacial score (nSPS) is 10.1. The largest absolute Gasteiger partial charge is 0.496 e. The topological polar surface area (TPSA) is 67.4 Å². The molecule has 5 heteroatoms. The van der Waals surface area contributed by atoms with Crippen LogP contribution in [0.25, 0.3) is 0 Å². The van der Waals surface area contributed by atoms with Gasteiger partial charge in [-0.2, -0.15) is 0 Å². The van der Waals surface area contributed by atoms with Gasteiger partial charge in [-0.15, -0.1) is 0 Å². The summed E-state index contributed by atoms with van der Waals surface area (Å²) in [5.41, 5.74) is 3.07. The highest BCUT2D eigenvalue weighted by Gasteiger charge is 2.14. The van der Waals surface area contributed by atoms with Crippen molar-refractivity contribution < 1.29 is 14.3 Å². The molecule has 0 aromatic heterocycles. The number of aryl methyl sites for hydroxylation is 1. The number of anilines is 1. The highest BCUT2D eigenvalue weighted by Crippen LogP contribution is 2.22. The highest BCUT2D eigenvalue weighted by atomic mass is 16.5. The molecule has 2 N–H and O–H groups in total. The molecule has 0 fully saturated rings. The third-order valence-corrected chi connectivity index (χ3v) is 3.56. The third kappa shape index (κ3) is 4.59. The van der Waals surface area contributed by atoms with Crippen molar-refractivity contribution in [3.63, 3.8) is 0 Å². The summed E-state index contributed by atoms with van der Waals surface area (Å²) in [6, 6.07) is 12.7. The zero-order valence-electron chi connectivity index (χ0n) is 14.2. The minimum absolute atomic E-state index is 0.0589. The first kappa shape index (κ1) is 17.5. The van der Waals surface area contributed by atoms with E-state index in [9.17, 15) is 9.59 Å². The van der Waals surface area contributed by atoms with Crippen LogP contribution in [-0.4, -0.2) is 25.5 Å². The molecule has 0 aliphatic rings. The number of carbonyl (C=O) groups excluding carboxylic acids is 2. The number of hydrogen-bond donors (Lipinski definition) is 2. The van der Waals surface area contributed by atoms with E-state index in [2.05, 4.69) is 10.6 Å². The van der Waals surface area contributed by atoms with Crippen LogP contribution in [0.2, 0.25) is 0 Å². The van der Waals surface area contributed by atoms with Crippen molar-refractivity contribution >= 4 is 17.5 Å². The maximum absolute atomic E-state index is 12.4. The number of ether oxygens (including phenoxy) is 1. The monoisotopic (exact) mass is 326 g/mol. The van der Waals surface area contributed by atoms with Gasteiger partial charge >= 0.3 is 0 Å². The van der Waals surface area contributed by atoms with Crippen LogP contribution >= 0.6 is 0 Å². The minimum Gasteiger partial charge on any atom is -0.496 e. The zero-order chi connectivity index (χ0) is 17.5. The van der Waals surface area contributed by atoms with Gasteiger partial charge in [-0.1, -0.05) is 23.8 Å². The van der Waals surface area contributed by atoms with Crippen molar-refractivity contribution in [1.82, 2.24) is 5.32 Å².